The van der Waals surface area contributed by atoms with Crippen LogP contribution in [0.4, 0.5) is 8.78 Å². The lowest BCUT2D eigenvalue weighted by Crippen LogP contribution is -2.07. The first-order valence-electron chi connectivity index (χ1n) is 5.11. The van der Waals surface area contributed by atoms with Gasteiger partial charge < -0.3 is 0 Å². The molecule has 0 fully saturated rings. The number of rotatable bonds is 2. The van der Waals surface area contributed by atoms with E-state index in [-0.39, 0.29) is 21.8 Å². The van der Waals surface area contributed by atoms with Gasteiger partial charge in [0.2, 0.25) is 0 Å². The van der Waals surface area contributed by atoms with E-state index in [1.165, 1.54) is 37.4 Å². The molecule has 0 unspecified atom stereocenters. The standard InChI is InChI=1S/C13H8ClF2NO/c1-7-2-3-9(12(16)11(7)15)13(18)8-4-5-17-10(14)6-8/h2-6H,1H3. The molecule has 0 spiro atoms. The molecule has 92 valence electrons. The average molecular weight is 268 g/mol. The highest BCUT2D eigenvalue weighted by Gasteiger charge is 2.18. The van der Waals surface area contributed by atoms with E-state index in [2.05, 4.69) is 4.98 Å². The van der Waals surface area contributed by atoms with E-state index in [9.17, 15) is 13.6 Å². The molecule has 5 heteroatoms. The maximum absolute atomic E-state index is 13.7. The topological polar surface area (TPSA) is 30.0 Å². The second-order valence-corrected chi connectivity index (χ2v) is 4.14. The Balaban J connectivity index is 2.50. The molecule has 0 aliphatic heterocycles. The third kappa shape index (κ3) is 2.24. The van der Waals surface area contributed by atoms with Crippen molar-refractivity contribution in [1.29, 1.82) is 0 Å². The minimum atomic E-state index is -1.15. The Morgan fingerprint density at radius 2 is 1.94 bits per heavy atom. The second kappa shape index (κ2) is 4.82. The Labute approximate surface area is 107 Å². The number of nitrogens with zero attached hydrogens (tertiary/aromatic N) is 1. The summed E-state index contributed by atoms with van der Waals surface area (Å²) in [5, 5.41) is 0.119. The average Bonchev–Trinajstić information content (AvgIpc) is 2.35. The van der Waals surface area contributed by atoms with Gasteiger partial charge in [0.1, 0.15) is 5.15 Å². The lowest BCUT2D eigenvalue weighted by Gasteiger charge is -2.05. The van der Waals surface area contributed by atoms with E-state index >= 15 is 0 Å². The number of hydrogen-bond donors (Lipinski definition) is 0. The van der Waals surface area contributed by atoms with Crippen molar-refractivity contribution in [2.24, 2.45) is 0 Å². The maximum Gasteiger partial charge on any atom is 0.196 e. The number of ketones is 1. The van der Waals surface area contributed by atoms with E-state index in [1.807, 2.05) is 0 Å². The van der Waals surface area contributed by atoms with Crippen molar-refractivity contribution in [1.82, 2.24) is 4.98 Å². The number of aryl methyl sites for hydroxylation is 1. The van der Waals surface area contributed by atoms with Crippen molar-refractivity contribution in [2.45, 2.75) is 6.92 Å². The number of benzene rings is 1. The number of hydrogen-bond acceptors (Lipinski definition) is 2. The van der Waals surface area contributed by atoms with Crippen LogP contribution in [0, 0.1) is 18.6 Å². The molecule has 0 aliphatic rings. The molecule has 0 saturated carbocycles. The van der Waals surface area contributed by atoms with Gasteiger partial charge in [-0.25, -0.2) is 13.8 Å². The fourth-order valence-corrected chi connectivity index (χ4v) is 1.69. The predicted molar refractivity (Wildman–Crippen MR) is 63.8 cm³/mol. The molecule has 0 N–H and O–H groups in total. The van der Waals surface area contributed by atoms with Gasteiger partial charge in [0.05, 0.1) is 5.56 Å². The van der Waals surface area contributed by atoms with Gasteiger partial charge in [-0.2, -0.15) is 0 Å². The third-order valence-electron chi connectivity index (χ3n) is 2.51. The van der Waals surface area contributed by atoms with E-state index < -0.39 is 17.4 Å². The molecule has 0 radical (unpaired) electrons. The summed E-state index contributed by atoms with van der Waals surface area (Å²) in [6.45, 7) is 1.43. The van der Waals surface area contributed by atoms with Crippen LogP contribution < -0.4 is 0 Å². The molecule has 2 rings (SSSR count). The van der Waals surface area contributed by atoms with Gasteiger partial charge in [-0.1, -0.05) is 17.7 Å². The summed E-state index contributed by atoms with van der Waals surface area (Å²) >= 11 is 5.64. The van der Waals surface area contributed by atoms with Gasteiger partial charge in [-0.15, -0.1) is 0 Å². The molecule has 1 aromatic heterocycles. The zero-order valence-corrected chi connectivity index (χ0v) is 10.1. The van der Waals surface area contributed by atoms with Crippen molar-refractivity contribution in [3.05, 3.63) is 63.9 Å². The van der Waals surface area contributed by atoms with Gasteiger partial charge >= 0.3 is 0 Å². The summed E-state index contributed by atoms with van der Waals surface area (Å²) in [4.78, 5) is 15.7. The van der Waals surface area contributed by atoms with Crippen molar-refractivity contribution < 1.29 is 13.6 Å². The fourth-order valence-electron chi connectivity index (χ4n) is 1.52. The van der Waals surface area contributed by atoms with Crippen LogP contribution >= 0.6 is 11.6 Å². The summed E-state index contributed by atoms with van der Waals surface area (Å²) in [5.41, 5.74) is -0.00525. The number of pyridine rings is 1. The van der Waals surface area contributed by atoms with Gasteiger partial charge in [-0.05, 0) is 30.7 Å². The minimum Gasteiger partial charge on any atom is -0.288 e. The van der Waals surface area contributed by atoms with E-state index in [0.29, 0.717) is 0 Å². The molecule has 18 heavy (non-hydrogen) atoms. The molecule has 2 aromatic rings. The Hall–Kier alpha value is -1.81. The van der Waals surface area contributed by atoms with Crippen molar-refractivity contribution in [3.8, 4) is 0 Å². The van der Waals surface area contributed by atoms with Crippen LogP contribution in [0.15, 0.2) is 30.5 Å². The molecule has 0 bridgehead atoms. The molecule has 1 heterocycles. The maximum atomic E-state index is 13.7. The lowest BCUT2D eigenvalue weighted by molar-refractivity contribution is 0.103. The van der Waals surface area contributed by atoms with Crippen LogP contribution in [-0.2, 0) is 0 Å². The number of carbonyl (C=O) groups excluding carboxylic acids is 1. The highest BCUT2D eigenvalue weighted by molar-refractivity contribution is 6.30. The fraction of sp³-hybridized carbons (Fsp3) is 0.0769. The largest absolute Gasteiger partial charge is 0.288 e. The zero-order valence-electron chi connectivity index (χ0n) is 9.38. The molecule has 0 aliphatic carbocycles. The molecular weight excluding hydrogens is 260 g/mol. The van der Waals surface area contributed by atoms with Gasteiger partial charge in [-0.3, -0.25) is 4.79 Å². The summed E-state index contributed by atoms with van der Waals surface area (Å²) < 4.78 is 27.0. The van der Waals surface area contributed by atoms with Gasteiger partial charge in [0.15, 0.2) is 17.4 Å². The zero-order chi connectivity index (χ0) is 13.3. The first-order chi connectivity index (χ1) is 8.50. The lowest BCUT2D eigenvalue weighted by atomic mass is 10.0. The summed E-state index contributed by atoms with van der Waals surface area (Å²) in [6, 6.07) is 5.31. The van der Waals surface area contributed by atoms with Crippen LogP contribution in [0.5, 0.6) is 0 Å². The molecule has 0 amide bonds. The first-order valence-corrected chi connectivity index (χ1v) is 5.49. The van der Waals surface area contributed by atoms with E-state index in [1.54, 1.807) is 0 Å². The first kappa shape index (κ1) is 12.6. The molecule has 0 atom stereocenters. The van der Waals surface area contributed by atoms with Crippen LogP contribution in [0.3, 0.4) is 0 Å². The smallest absolute Gasteiger partial charge is 0.196 e. The third-order valence-corrected chi connectivity index (χ3v) is 2.72. The monoisotopic (exact) mass is 267 g/mol. The molecule has 1 aromatic carbocycles. The van der Waals surface area contributed by atoms with Crippen LogP contribution in [0.2, 0.25) is 5.15 Å². The highest BCUT2D eigenvalue weighted by Crippen LogP contribution is 2.19. The Bertz CT molecular complexity index is 628. The summed E-state index contributed by atoms with van der Waals surface area (Å²) in [5.74, 6) is -2.79. The minimum absolute atomic E-state index is 0.119. The SMILES string of the molecule is Cc1ccc(C(=O)c2ccnc(Cl)c2)c(F)c1F. The second-order valence-electron chi connectivity index (χ2n) is 3.75. The Morgan fingerprint density at radius 3 is 2.61 bits per heavy atom. The quantitative estimate of drug-likeness (QED) is 0.615. The molecule has 0 saturated heterocycles. The van der Waals surface area contributed by atoms with Gasteiger partial charge in [0.25, 0.3) is 0 Å². The van der Waals surface area contributed by atoms with Crippen molar-refractivity contribution in [3.63, 3.8) is 0 Å². The summed E-state index contributed by atoms with van der Waals surface area (Å²) in [6.07, 6.45) is 1.33. The molecular formula is C13H8ClF2NO. The van der Waals surface area contributed by atoms with Crippen LogP contribution in [0.25, 0.3) is 0 Å². The number of aromatic nitrogens is 1. The Morgan fingerprint density at radius 1 is 1.22 bits per heavy atom. The van der Waals surface area contributed by atoms with Crippen molar-refractivity contribution in [2.75, 3.05) is 0 Å². The van der Waals surface area contributed by atoms with E-state index in [4.69, 9.17) is 11.6 Å². The Kier molecular flexibility index (Phi) is 3.39. The van der Waals surface area contributed by atoms with Crippen LogP contribution in [0.1, 0.15) is 21.5 Å². The summed E-state index contributed by atoms with van der Waals surface area (Å²) in [7, 11) is 0. The molecule has 2 nitrogen and oxygen atoms in total. The van der Waals surface area contributed by atoms with Gasteiger partial charge in [0, 0.05) is 11.8 Å². The normalized spacial score (nSPS) is 10.4. The van der Waals surface area contributed by atoms with Crippen molar-refractivity contribution >= 4 is 17.4 Å². The predicted octanol–water partition coefficient (Wildman–Crippen LogP) is 3.55. The number of halogens is 3. The van der Waals surface area contributed by atoms with Crippen LogP contribution in [-0.4, -0.2) is 10.8 Å². The van der Waals surface area contributed by atoms with E-state index in [0.717, 1.165) is 0 Å². The highest BCUT2D eigenvalue weighted by atomic mass is 35.5. The number of carbonyl (C=O) groups is 1.